The summed E-state index contributed by atoms with van der Waals surface area (Å²) in [7, 11) is 0. The van der Waals surface area contributed by atoms with Crippen LogP contribution in [0.15, 0.2) is 200 Å². The van der Waals surface area contributed by atoms with Gasteiger partial charge in [-0.1, -0.05) is 178 Å². The molecule has 0 bridgehead atoms. The minimum atomic E-state index is -0.220. The summed E-state index contributed by atoms with van der Waals surface area (Å²) < 4.78 is 0. The fourth-order valence-corrected chi connectivity index (χ4v) is 9.63. The predicted octanol–water partition coefficient (Wildman–Crippen LogP) is 15.2. The molecule has 0 atom stereocenters. The van der Waals surface area contributed by atoms with Gasteiger partial charge < -0.3 is 4.90 Å². The molecular weight excluding hydrogens is 727 g/mol. The van der Waals surface area contributed by atoms with Crippen molar-refractivity contribution in [3.05, 3.63) is 223 Å². The highest BCUT2D eigenvalue weighted by atomic mass is 15.2. The third-order valence-electron chi connectivity index (χ3n) is 12.4. The molecule has 3 nitrogen and oxygen atoms in total. The number of anilines is 3. The summed E-state index contributed by atoms with van der Waals surface area (Å²) >= 11 is 0. The second-order valence-electron chi connectivity index (χ2n) is 16.2. The van der Waals surface area contributed by atoms with Gasteiger partial charge in [-0.2, -0.15) is 10.2 Å². The minimum absolute atomic E-state index is 0.220. The average Bonchev–Trinajstić information content (AvgIpc) is 3.53. The molecule has 0 fully saturated rings. The molecule has 1 aromatic heterocycles. The molecule has 10 aromatic rings. The first-order valence-electron chi connectivity index (χ1n) is 20.6. The van der Waals surface area contributed by atoms with E-state index in [1.54, 1.807) is 6.20 Å². The van der Waals surface area contributed by atoms with Crippen LogP contribution in [0.25, 0.3) is 77.9 Å². The normalized spacial score (nSPS) is 12.9. The van der Waals surface area contributed by atoms with Crippen LogP contribution in [0, 0.1) is 0 Å². The average molecular weight is 768 g/mol. The Morgan fingerprint density at radius 2 is 1.02 bits per heavy atom. The predicted molar refractivity (Wildman–Crippen MR) is 253 cm³/mol. The third kappa shape index (κ3) is 5.81. The van der Waals surface area contributed by atoms with Gasteiger partial charge in [0.2, 0.25) is 0 Å². The van der Waals surface area contributed by atoms with Gasteiger partial charge in [0.15, 0.2) is 0 Å². The fourth-order valence-electron chi connectivity index (χ4n) is 9.63. The number of para-hydroxylation sites is 1. The molecule has 0 radical (unpaired) electrons. The van der Waals surface area contributed by atoms with E-state index in [1.807, 2.05) is 12.3 Å². The highest BCUT2D eigenvalue weighted by Gasteiger charge is 2.36. The Morgan fingerprint density at radius 1 is 0.433 bits per heavy atom. The maximum absolute atomic E-state index is 4.22. The molecule has 0 unspecified atom stereocenters. The van der Waals surface area contributed by atoms with E-state index in [1.165, 1.54) is 88.0 Å². The van der Waals surface area contributed by atoms with Gasteiger partial charge in [0.05, 0.1) is 18.1 Å². The van der Waals surface area contributed by atoms with E-state index in [-0.39, 0.29) is 5.41 Å². The first kappa shape index (κ1) is 35.5. The molecule has 1 aliphatic rings. The third-order valence-corrected chi connectivity index (χ3v) is 12.4. The molecule has 11 rings (SSSR count). The fraction of sp³-hybridized carbons (Fsp3) is 0.0526. The van der Waals surface area contributed by atoms with Crippen LogP contribution in [0.1, 0.15) is 36.1 Å². The van der Waals surface area contributed by atoms with Gasteiger partial charge in [-0.3, -0.25) is 0 Å². The first-order chi connectivity index (χ1) is 29.5. The number of fused-ring (bicyclic) bond motifs is 9. The second kappa shape index (κ2) is 14.3. The van der Waals surface area contributed by atoms with E-state index < -0.39 is 0 Å². The quantitative estimate of drug-likeness (QED) is 0.119. The van der Waals surface area contributed by atoms with Gasteiger partial charge in [0.1, 0.15) is 0 Å². The summed E-state index contributed by atoms with van der Waals surface area (Å²) in [6.45, 7) is 4.71. The lowest BCUT2D eigenvalue weighted by molar-refractivity contribution is 0.660. The van der Waals surface area contributed by atoms with E-state index in [0.29, 0.717) is 0 Å². The van der Waals surface area contributed by atoms with Crippen molar-refractivity contribution in [3.63, 3.8) is 0 Å². The monoisotopic (exact) mass is 767 g/mol. The van der Waals surface area contributed by atoms with E-state index in [9.17, 15) is 0 Å². The Kier molecular flexibility index (Phi) is 8.49. The van der Waals surface area contributed by atoms with Crippen LogP contribution in [0.2, 0.25) is 0 Å². The lowest BCUT2D eigenvalue weighted by atomic mass is 9.81. The Morgan fingerprint density at radius 3 is 1.68 bits per heavy atom. The highest BCUT2D eigenvalue weighted by Crippen LogP contribution is 2.52. The number of nitrogens with zero attached hydrogens (tertiary/aromatic N) is 3. The van der Waals surface area contributed by atoms with Crippen molar-refractivity contribution in [1.29, 1.82) is 0 Å². The van der Waals surface area contributed by atoms with Crippen molar-refractivity contribution in [2.75, 3.05) is 4.90 Å². The zero-order valence-electron chi connectivity index (χ0n) is 33.5. The Labute approximate surface area is 350 Å². The summed E-state index contributed by atoms with van der Waals surface area (Å²) in [6, 6.07) is 68.4. The SMILES string of the molecule is CC1(C)c2cc(/C=C/c3cc(-c4ccccc4)c4c5ccccc5c5ccccc5c4c3-c3ccccc3)ccc2-c2ccc(N(c3ccccc3)c3ccnnc3)cc21. The molecule has 284 valence electrons. The summed E-state index contributed by atoms with van der Waals surface area (Å²) in [5.41, 5.74) is 15.4. The van der Waals surface area contributed by atoms with E-state index >= 15 is 0 Å². The molecule has 60 heavy (non-hydrogen) atoms. The number of aromatic nitrogens is 2. The molecule has 0 spiro atoms. The summed E-state index contributed by atoms with van der Waals surface area (Å²) in [5, 5.41) is 15.9. The van der Waals surface area contributed by atoms with Gasteiger partial charge in [0, 0.05) is 16.8 Å². The van der Waals surface area contributed by atoms with Crippen LogP contribution in [0.4, 0.5) is 17.1 Å². The molecule has 1 heterocycles. The van der Waals surface area contributed by atoms with Crippen molar-refractivity contribution in [2.24, 2.45) is 0 Å². The van der Waals surface area contributed by atoms with Crippen LogP contribution in [-0.4, -0.2) is 10.2 Å². The van der Waals surface area contributed by atoms with Crippen LogP contribution < -0.4 is 4.90 Å². The maximum Gasteiger partial charge on any atom is 0.0737 e. The van der Waals surface area contributed by atoms with Crippen LogP contribution >= 0.6 is 0 Å². The molecule has 0 N–H and O–H groups in total. The Hall–Kier alpha value is -7.62. The Balaban J connectivity index is 1.07. The summed E-state index contributed by atoms with van der Waals surface area (Å²) in [4.78, 5) is 2.26. The van der Waals surface area contributed by atoms with E-state index in [0.717, 1.165) is 17.1 Å². The minimum Gasteiger partial charge on any atom is -0.309 e. The zero-order chi connectivity index (χ0) is 40.2. The van der Waals surface area contributed by atoms with Gasteiger partial charge in [-0.15, -0.1) is 0 Å². The molecule has 0 saturated heterocycles. The van der Waals surface area contributed by atoms with Gasteiger partial charge >= 0.3 is 0 Å². The van der Waals surface area contributed by atoms with Crippen LogP contribution in [0.5, 0.6) is 0 Å². The zero-order valence-corrected chi connectivity index (χ0v) is 33.5. The highest BCUT2D eigenvalue weighted by molar-refractivity contribution is 6.32. The van der Waals surface area contributed by atoms with Crippen LogP contribution in [-0.2, 0) is 5.41 Å². The topological polar surface area (TPSA) is 29.0 Å². The molecule has 0 amide bonds. The number of benzene rings is 9. The molecular formula is C57H41N3. The number of hydrogen-bond acceptors (Lipinski definition) is 3. The number of hydrogen-bond donors (Lipinski definition) is 0. The first-order valence-corrected chi connectivity index (χ1v) is 20.6. The molecule has 3 heteroatoms. The lowest BCUT2D eigenvalue weighted by Gasteiger charge is -2.27. The van der Waals surface area contributed by atoms with Crippen molar-refractivity contribution < 1.29 is 0 Å². The van der Waals surface area contributed by atoms with E-state index in [4.69, 9.17) is 0 Å². The summed E-state index contributed by atoms with van der Waals surface area (Å²) in [6.07, 6.45) is 8.23. The van der Waals surface area contributed by atoms with Gasteiger partial charge in [-0.25, -0.2) is 0 Å². The van der Waals surface area contributed by atoms with Crippen molar-refractivity contribution in [2.45, 2.75) is 19.3 Å². The van der Waals surface area contributed by atoms with Gasteiger partial charge in [-0.05, 0) is 124 Å². The largest absolute Gasteiger partial charge is 0.309 e. The molecule has 0 saturated carbocycles. The van der Waals surface area contributed by atoms with Crippen LogP contribution in [0.3, 0.4) is 0 Å². The van der Waals surface area contributed by atoms with Crippen molar-refractivity contribution >= 4 is 61.5 Å². The molecule has 1 aliphatic carbocycles. The molecule has 0 aliphatic heterocycles. The summed E-state index contributed by atoms with van der Waals surface area (Å²) in [5.74, 6) is 0. The van der Waals surface area contributed by atoms with Gasteiger partial charge in [0.25, 0.3) is 0 Å². The van der Waals surface area contributed by atoms with Crippen molar-refractivity contribution in [3.8, 4) is 33.4 Å². The van der Waals surface area contributed by atoms with Crippen molar-refractivity contribution in [1.82, 2.24) is 10.2 Å². The standard InChI is InChI=1S/C57H41N3/c1-57(2)52-34-38(27-30-47(52)48-31-29-43(36-53(48)57)60(42-20-10-5-11-21-42)44-32-33-58-59-37-44)26-28-41-35-51(39-16-6-3-7-17-39)55-49-24-14-12-22-45(49)46-23-13-15-25-50(46)56(55)54(41)40-18-8-4-9-19-40/h3-37H,1-2H3/b28-26+. The maximum atomic E-state index is 4.22. The number of rotatable bonds is 7. The van der Waals surface area contributed by atoms with E-state index in [2.05, 4.69) is 223 Å². The molecule has 9 aromatic carbocycles. The second-order valence-corrected chi connectivity index (χ2v) is 16.2. The Bertz CT molecular complexity index is 3220. The lowest BCUT2D eigenvalue weighted by Crippen LogP contribution is -2.16. The smallest absolute Gasteiger partial charge is 0.0737 e.